The average Bonchev–Trinajstić information content (AvgIpc) is 2.77. The lowest BCUT2D eigenvalue weighted by Crippen LogP contribution is -2.37. The maximum absolute atomic E-state index is 12.9. The summed E-state index contributed by atoms with van der Waals surface area (Å²) in [7, 11) is 0. The third-order valence-corrected chi connectivity index (χ3v) is 4.73. The van der Waals surface area contributed by atoms with Crippen molar-refractivity contribution < 1.29 is 9.53 Å². The van der Waals surface area contributed by atoms with E-state index < -0.39 is 11.7 Å². The highest BCUT2D eigenvalue weighted by atomic mass is 16.6. The first-order valence-electron chi connectivity index (χ1n) is 11.0. The molecule has 0 N–H and O–H groups in total. The van der Waals surface area contributed by atoms with Crippen LogP contribution in [0.15, 0.2) is 83.9 Å². The Morgan fingerprint density at radius 1 is 0.879 bits per heavy atom. The monoisotopic (exact) mass is 438 g/mol. The Morgan fingerprint density at radius 3 is 2.03 bits per heavy atom. The van der Waals surface area contributed by atoms with Crippen LogP contribution in [0.5, 0.6) is 0 Å². The minimum absolute atomic E-state index is 0.178. The summed E-state index contributed by atoms with van der Waals surface area (Å²) in [4.78, 5) is 19.2. The van der Waals surface area contributed by atoms with Crippen LogP contribution in [-0.2, 0) is 4.74 Å². The van der Waals surface area contributed by atoms with Gasteiger partial charge in [0.25, 0.3) is 0 Å². The normalized spacial score (nSPS) is 11.4. The van der Waals surface area contributed by atoms with Crippen LogP contribution in [0.3, 0.4) is 0 Å². The predicted octanol–water partition coefficient (Wildman–Crippen LogP) is 6.87. The Balaban J connectivity index is 1.93. The molecule has 3 aromatic rings. The van der Waals surface area contributed by atoms with Crippen molar-refractivity contribution in [2.45, 2.75) is 40.2 Å². The number of anilines is 1. The van der Waals surface area contributed by atoms with Gasteiger partial charge in [-0.05, 0) is 64.8 Å². The van der Waals surface area contributed by atoms with Crippen molar-refractivity contribution in [2.75, 3.05) is 11.4 Å². The molecule has 0 unspecified atom stereocenters. The van der Waals surface area contributed by atoms with Crippen LogP contribution in [0, 0.1) is 25.7 Å². The molecule has 33 heavy (non-hydrogen) atoms. The van der Waals surface area contributed by atoms with Gasteiger partial charge in [-0.25, -0.2) is 9.79 Å². The molecule has 4 nitrogen and oxygen atoms in total. The van der Waals surface area contributed by atoms with Crippen LogP contribution in [0.4, 0.5) is 16.2 Å². The van der Waals surface area contributed by atoms with Crippen LogP contribution >= 0.6 is 0 Å². The topological polar surface area (TPSA) is 41.9 Å². The minimum Gasteiger partial charge on any atom is -0.443 e. The highest BCUT2D eigenvalue weighted by molar-refractivity contribution is 6.14. The summed E-state index contributed by atoms with van der Waals surface area (Å²) in [6.45, 7) is 9.79. The molecular weight excluding hydrogens is 408 g/mol. The van der Waals surface area contributed by atoms with E-state index in [4.69, 9.17) is 9.73 Å². The van der Waals surface area contributed by atoms with Crippen molar-refractivity contribution in [3.8, 4) is 11.8 Å². The van der Waals surface area contributed by atoms with Crippen LogP contribution in [0.1, 0.15) is 37.5 Å². The highest BCUT2D eigenvalue weighted by Gasteiger charge is 2.22. The highest BCUT2D eigenvalue weighted by Crippen LogP contribution is 2.19. The van der Waals surface area contributed by atoms with Crippen molar-refractivity contribution in [1.82, 2.24) is 0 Å². The largest absolute Gasteiger partial charge is 0.443 e. The Hall–Kier alpha value is -3.84. The minimum atomic E-state index is -0.602. The first-order chi connectivity index (χ1) is 15.7. The molecule has 0 atom stereocenters. The second-order valence-electron chi connectivity index (χ2n) is 8.87. The van der Waals surface area contributed by atoms with Crippen LogP contribution in [-0.4, -0.2) is 24.0 Å². The Labute approximate surface area is 196 Å². The van der Waals surface area contributed by atoms with E-state index in [1.807, 2.05) is 113 Å². The Kier molecular flexibility index (Phi) is 7.69. The average molecular weight is 439 g/mol. The smallest absolute Gasteiger partial charge is 0.415 e. The van der Waals surface area contributed by atoms with Crippen LogP contribution < -0.4 is 4.90 Å². The van der Waals surface area contributed by atoms with E-state index in [9.17, 15) is 4.79 Å². The van der Waals surface area contributed by atoms with E-state index in [0.29, 0.717) is 5.71 Å². The van der Waals surface area contributed by atoms with Gasteiger partial charge < -0.3 is 4.74 Å². The number of benzene rings is 3. The fourth-order valence-electron chi connectivity index (χ4n) is 3.01. The zero-order valence-corrected chi connectivity index (χ0v) is 19.9. The molecule has 0 aliphatic heterocycles. The number of amides is 1. The lowest BCUT2D eigenvalue weighted by Gasteiger charge is -2.26. The summed E-state index contributed by atoms with van der Waals surface area (Å²) in [5.41, 5.74) is 4.82. The molecule has 0 aliphatic rings. The van der Waals surface area contributed by atoms with Gasteiger partial charge in [0.15, 0.2) is 0 Å². The molecule has 0 saturated heterocycles. The predicted molar refractivity (Wildman–Crippen MR) is 136 cm³/mol. The number of carbonyl (C=O) groups excluding carboxylic acids is 1. The molecule has 0 fully saturated rings. The van der Waals surface area contributed by atoms with Gasteiger partial charge in [-0.1, -0.05) is 71.6 Å². The third-order valence-electron chi connectivity index (χ3n) is 4.73. The van der Waals surface area contributed by atoms with Gasteiger partial charge in [0, 0.05) is 11.3 Å². The Bertz CT molecular complexity index is 1160. The number of ether oxygens (including phenoxy) is 1. The van der Waals surface area contributed by atoms with E-state index in [1.165, 1.54) is 5.56 Å². The van der Waals surface area contributed by atoms with Crippen molar-refractivity contribution in [2.24, 2.45) is 4.99 Å². The fourth-order valence-corrected chi connectivity index (χ4v) is 3.01. The quantitative estimate of drug-likeness (QED) is 0.329. The first-order valence-corrected chi connectivity index (χ1v) is 11.0. The molecule has 3 aromatic carbocycles. The zero-order valence-electron chi connectivity index (χ0n) is 19.9. The van der Waals surface area contributed by atoms with Crippen molar-refractivity contribution >= 4 is 23.2 Å². The summed E-state index contributed by atoms with van der Waals surface area (Å²) in [6.07, 6.45) is -0.433. The second-order valence-corrected chi connectivity index (χ2v) is 8.87. The summed E-state index contributed by atoms with van der Waals surface area (Å²) in [6, 6.07) is 25.6. The van der Waals surface area contributed by atoms with E-state index in [1.54, 1.807) is 4.90 Å². The molecule has 0 heterocycles. The van der Waals surface area contributed by atoms with Gasteiger partial charge in [0.1, 0.15) is 11.3 Å². The summed E-state index contributed by atoms with van der Waals surface area (Å²) in [5.74, 6) is 6.32. The van der Waals surface area contributed by atoms with Gasteiger partial charge in [0.2, 0.25) is 0 Å². The second kappa shape index (κ2) is 10.7. The van der Waals surface area contributed by atoms with Gasteiger partial charge in [-0.2, -0.15) is 0 Å². The summed E-state index contributed by atoms with van der Waals surface area (Å²) < 4.78 is 5.62. The number of rotatable bonds is 4. The molecule has 168 valence electrons. The molecule has 0 saturated carbocycles. The van der Waals surface area contributed by atoms with Gasteiger partial charge >= 0.3 is 6.09 Å². The van der Waals surface area contributed by atoms with Gasteiger partial charge in [-0.15, -0.1) is 0 Å². The maximum Gasteiger partial charge on any atom is 0.415 e. The molecule has 0 aliphatic carbocycles. The number of hydrogen-bond acceptors (Lipinski definition) is 3. The fraction of sp³-hybridized carbons (Fsp3) is 0.241. The molecule has 0 bridgehead atoms. The van der Waals surface area contributed by atoms with Crippen molar-refractivity contribution in [1.29, 1.82) is 0 Å². The first kappa shape index (κ1) is 23.8. The van der Waals surface area contributed by atoms with Gasteiger partial charge in [-0.3, -0.25) is 4.90 Å². The van der Waals surface area contributed by atoms with Gasteiger partial charge in [0.05, 0.1) is 12.2 Å². The van der Waals surface area contributed by atoms with Crippen molar-refractivity contribution in [3.05, 3.63) is 95.6 Å². The molecule has 4 heteroatoms. The molecular formula is C29H30N2O2. The molecule has 1 amide bonds. The molecule has 0 radical (unpaired) electrons. The number of aryl methyl sites for hydroxylation is 2. The van der Waals surface area contributed by atoms with Crippen molar-refractivity contribution in [3.63, 3.8) is 0 Å². The molecule has 3 rings (SSSR count). The maximum atomic E-state index is 12.9. The number of aliphatic imine (C=N–C) groups is 1. The summed E-state index contributed by atoms with van der Waals surface area (Å²) in [5, 5.41) is 0. The zero-order chi connectivity index (χ0) is 23.8. The van der Waals surface area contributed by atoms with E-state index in [-0.39, 0.29) is 6.54 Å². The standard InChI is InChI=1S/C29H30N2O2/c1-22-13-17-25(18-14-22)30-27(24-10-7-6-8-11-24)12-9-21-31(28(32)33-29(3,4)5)26-19-15-23(2)16-20-26/h6-8,10-11,13-20H,21H2,1-5H3. The van der Waals surface area contributed by atoms with E-state index >= 15 is 0 Å². The SMILES string of the molecule is Cc1ccc(N=C(C#CCN(C(=O)OC(C)(C)C)c2ccc(C)cc2)c2ccccc2)cc1. The van der Waals surface area contributed by atoms with E-state index in [2.05, 4.69) is 11.8 Å². The number of carbonyl (C=O) groups is 1. The molecule has 0 spiro atoms. The van der Waals surface area contributed by atoms with Crippen LogP contribution in [0.2, 0.25) is 0 Å². The lowest BCUT2D eigenvalue weighted by molar-refractivity contribution is 0.0585. The van der Waals surface area contributed by atoms with Crippen LogP contribution in [0.25, 0.3) is 0 Å². The lowest BCUT2D eigenvalue weighted by atomic mass is 10.1. The number of hydrogen-bond donors (Lipinski definition) is 0. The number of nitrogens with zero attached hydrogens (tertiary/aromatic N) is 2. The summed E-state index contributed by atoms with van der Waals surface area (Å²) >= 11 is 0. The third kappa shape index (κ3) is 7.36. The van der Waals surface area contributed by atoms with E-state index in [0.717, 1.165) is 22.5 Å². The molecule has 0 aromatic heterocycles. The Morgan fingerprint density at radius 2 is 1.45 bits per heavy atom.